The van der Waals surface area contributed by atoms with Gasteiger partial charge in [0.05, 0.1) is 11.2 Å². The molecule has 0 saturated heterocycles. The van der Waals surface area contributed by atoms with Crippen molar-refractivity contribution < 1.29 is 0 Å². The number of aliphatic imine (C=N–C) groups is 1. The third kappa shape index (κ3) is 1.25. The normalized spacial score (nSPS) is 19.1. The predicted octanol–water partition coefficient (Wildman–Crippen LogP) is 3.44. The van der Waals surface area contributed by atoms with Crippen LogP contribution in [0.15, 0.2) is 35.5 Å². The Morgan fingerprint density at radius 2 is 2.20 bits per heavy atom. The lowest BCUT2D eigenvalue weighted by molar-refractivity contribution is 0.803. The van der Waals surface area contributed by atoms with Crippen LogP contribution in [0.5, 0.6) is 0 Å². The van der Waals surface area contributed by atoms with E-state index in [1.54, 1.807) is 0 Å². The van der Waals surface area contributed by atoms with Gasteiger partial charge in [-0.2, -0.15) is 0 Å². The van der Waals surface area contributed by atoms with E-state index < -0.39 is 0 Å². The monoisotopic (exact) mass is 196 g/mol. The third-order valence-electron chi connectivity index (χ3n) is 2.99. The van der Waals surface area contributed by atoms with Crippen LogP contribution in [-0.4, -0.2) is 11.2 Å². The van der Waals surface area contributed by atoms with Crippen molar-refractivity contribution in [2.45, 2.75) is 19.3 Å². The summed E-state index contributed by atoms with van der Waals surface area (Å²) in [6.07, 6.45) is 4.86. The van der Waals surface area contributed by atoms with Crippen LogP contribution in [0, 0.1) is 0 Å². The number of aromatic nitrogens is 1. The van der Waals surface area contributed by atoms with Crippen LogP contribution in [0.1, 0.15) is 24.8 Å². The molecule has 3 rings (SSSR count). The molecule has 0 aliphatic carbocycles. The number of hydrogen-bond donors (Lipinski definition) is 0. The topological polar surface area (TPSA) is 25.2 Å². The number of pyridine rings is 1. The van der Waals surface area contributed by atoms with Gasteiger partial charge in [0.15, 0.2) is 0 Å². The summed E-state index contributed by atoms with van der Waals surface area (Å²) in [5.41, 5.74) is 3.41. The largest absolute Gasteiger partial charge is 0.259 e. The zero-order valence-corrected chi connectivity index (χ0v) is 8.64. The molecule has 0 N–H and O–H groups in total. The van der Waals surface area contributed by atoms with Crippen LogP contribution in [0.25, 0.3) is 10.9 Å². The van der Waals surface area contributed by atoms with Crippen LogP contribution in [0.2, 0.25) is 0 Å². The Labute approximate surface area is 88.7 Å². The zero-order chi connectivity index (χ0) is 10.3. The van der Waals surface area contributed by atoms with E-state index in [1.165, 1.54) is 10.9 Å². The number of nitrogens with zero attached hydrogens (tertiary/aromatic N) is 2. The maximum absolute atomic E-state index is 4.48. The van der Waals surface area contributed by atoms with Gasteiger partial charge < -0.3 is 0 Å². The second-order valence-corrected chi connectivity index (χ2v) is 4.03. The van der Waals surface area contributed by atoms with E-state index in [0.29, 0.717) is 5.92 Å². The Balaban J connectivity index is 2.39. The van der Waals surface area contributed by atoms with Gasteiger partial charge in [-0.25, -0.2) is 0 Å². The minimum atomic E-state index is 0.559. The molecule has 1 aliphatic heterocycles. The van der Waals surface area contributed by atoms with Crippen LogP contribution >= 0.6 is 0 Å². The van der Waals surface area contributed by atoms with Crippen LogP contribution < -0.4 is 0 Å². The molecule has 1 aromatic heterocycles. The van der Waals surface area contributed by atoms with Gasteiger partial charge in [0.2, 0.25) is 0 Å². The number of rotatable bonds is 0. The van der Waals surface area contributed by atoms with Crippen molar-refractivity contribution in [3.63, 3.8) is 0 Å². The van der Waals surface area contributed by atoms with Crippen molar-refractivity contribution in [3.05, 3.63) is 36.0 Å². The van der Waals surface area contributed by atoms with E-state index in [-0.39, 0.29) is 0 Å². The fourth-order valence-electron chi connectivity index (χ4n) is 2.11. The second kappa shape index (κ2) is 3.16. The Kier molecular flexibility index (Phi) is 1.81. The molecule has 2 heteroatoms. The summed E-state index contributed by atoms with van der Waals surface area (Å²) < 4.78 is 0. The molecular weight excluding hydrogens is 184 g/mol. The molecule has 0 saturated carbocycles. The van der Waals surface area contributed by atoms with Gasteiger partial charge in [-0.3, -0.25) is 9.98 Å². The molecule has 0 fully saturated rings. The summed E-state index contributed by atoms with van der Waals surface area (Å²) in [5.74, 6) is 0.559. The Bertz CT molecular complexity index is 543. The summed E-state index contributed by atoms with van der Waals surface area (Å²) in [5, 5.41) is 1.17. The molecular formula is C13H12N2. The van der Waals surface area contributed by atoms with Crippen molar-refractivity contribution in [1.29, 1.82) is 0 Å². The summed E-state index contributed by atoms with van der Waals surface area (Å²) in [4.78, 5) is 8.90. The first-order valence-corrected chi connectivity index (χ1v) is 5.26. The molecule has 1 atom stereocenters. The predicted molar refractivity (Wildman–Crippen MR) is 62.9 cm³/mol. The van der Waals surface area contributed by atoms with E-state index in [9.17, 15) is 0 Å². The summed E-state index contributed by atoms with van der Waals surface area (Å²) in [6.45, 7) is 2.23. The van der Waals surface area contributed by atoms with Gasteiger partial charge in [-0.05, 0) is 24.0 Å². The molecule has 2 nitrogen and oxygen atoms in total. The van der Waals surface area contributed by atoms with Gasteiger partial charge in [0, 0.05) is 17.8 Å². The average molecular weight is 196 g/mol. The quantitative estimate of drug-likeness (QED) is 0.633. The van der Waals surface area contributed by atoms with Gasteiger partial charge >= 0.3 is 0 Å². The van der Waals surface area contributed by atoms with Crippen LogP contribution in [0.4, 0.5) is 5.69 Å². The zero-order valence-electron chi connectivity index (χ0n) is 8.64. The first-order valence-electron chi connectivity index (χ1n) is 5.26. The molecule has 0 amide bonds. The highest BCUT2D eigenvalue weighted by Crippen LogP contribution is 2.36. The molecule has 0 radical (unpaired) electrons. The molecule has 1 aromatic carbocycles. The second-order valence-electron chi connectivity index (χ2n) is 4.03. The van der Waals surface area contributed by atoms with Crippen LogP contribution in [0.3, 0.4) is 0 Å². The molecule has 0 spiro atoms. The lowest BCUT2D eigenvalue weighted by Crippen LogP contribution is -2.00. The smallest absolute Gasteiger partial charge is 0.0961 e. The van der Waals surface area contributed by atoms with E-state index >= 15 is 0 Å². The van der Waals surface area contributed by atoms with E-state index in [0.717, 1.165) is 17.6 Å². The molecule has 1 aliphatic rings. The fourth-order valence-corrected chi connectivity index (χ4v) is 2.11. The maximum Gasteiger partial charge on any atom is 0.0961 e. The molecule has 0 bridgehead atoms. The molecule has 1 unspecified atom stereocenters. The standard InChI is InChI=1S/C13H12N2/c1-9-6-8-15-13-11(9)5-4-10-3-2-7-14-12(10)13/h2-5,7-9H,6H2,1H3. The Morgan fingerprint density at radius 3 is 3.13 bits per heavy atom. The van der Waals surface area contributed by atoms with Gasteiger partial charge in [0.1, 0.15) is 0 Å². The summed E-state index contributed by atoms with van der Waals surface area (Å²) in [6, 6.07) is 8.36. The first-order chi connectivity index (χ1) is 7.36. The third-order valence-corrected chi connectivity index (χ3v) is 2.99. The van der Waals surface area contributed by atoms with E-state index in [4.69, 9.17) is 0 Å². The minimum Gasteiger partial charge on any atom is -0.259 e. The lowest BCUT2D eigenvalue weighted by atomic mass is 9.93. The molecule has 74 valence electrons. The van der Waals surface area contributed by atoms with Crippen molar-refractivity contribution in [2.75, 3.05) is 0 Å². The van der Waals surface area contributed by atoms with Crippen molar-refractivity contribution in [1.82, 2.24) is 4.98 Å². The highest BCUT2D eigenvalue weighted by Gasteiger charge is 2.16. The molecule has 2 aromatic rings. The average Bonchev–Trinajstić information content (AvgIpc) is 2.29. The SMILES string of the molecule is CC1CC=Nc2c1ccc1cccnc21. The number of benzene rings is 1. The minimum absolute atomic E-state index is 0.559. The van der Waals surface area contributed by atoms with Crippen LogP contribution in [-0.2, 0) is 0 Å². The molecule has 2 heterocycles. The van der Waals surface area contributed by atoms with Crippen molar-refractivity contribution in [2.24, 2.45) is 4.99 Å². The van der Waals surface area contributed by atoms with Crippen molar-refractivity contribution >= 4 is 22.8 Å². The highest BCUT2D eigenvalue weighted by molar-refractivity contribution is 5.93. The number of hydrogen-bond acceptors (Lipinski definition) is 2. The maximum atomic E-state index is 4.48. The lowest BCUT2D eigenvalue weighted by Gasteiger charge is -2.17. The highest BCUT2D eigenvalue weighted by atomic mass is 14.8. The van der Waals surface area contributed by atoms with E-state index in [1.807, 2.05) is 18.5 Å². The number of fused-ring (bicyclic) bond motifs is 3. The first kappa shape index (κ1) is 8.60. The van der Waals surface area contributed by atoms with Crippen molar-refractivity contribution in [3.8, 4) is 0 Å². The fraction of sp³-hybridized carbons (Fsp3) is 0.231. The Hall–Kier alpha value is -1.70. The molecule has 15 heavy (non-hydrogen) atoms. The summed E-state index contributed by atoms with van der Waals surface area (Å²) in [7, 11) is 0. The van der Waals surface area contributed by atoms with Gasteiger partial charge in [-0.1, -0.05) is 25.1 Å². The van der Waals surface area contributed by atoms with E-state index in [2.05, 4.69) is 35.1 Å². The van der Waals surface area contributed by atoms with Gasteiger partial charge in [0.25, 0.3) is 0 Å². The van der Waals surface area contributed by atoms with Gasteiger partial charge in [-0.15, -0.1) is 0 Å². The Morgan fingerprint density at radius 1 is 1.27 bits per heavy atom. The summed E-state index contributed by atoms with van der Waals surface area (Å²) >= 11 is 0.